The van der Waals surface area contributed by atoms with Crippen LogP contribution in [0.25, 0.3) is 0 Å². The molecule has 2 aromatic rings. The number of aromatic nitrogens is 1. The smallest absolute Gasteiger partial charge is 0.294 e. The predicted octanol–water partition coefficient (Wildman–Crippen LogP) is 2.84. The molecule has 1 aliphatic rings. The minimum absolute atomic E-state index is 0.0666. The molecule has 0 amide bonds. The molecule has 26 heavy (non-hydrogen) atoms. The zero-order chi connectivity index (χ0) is 19.2. The normalized spacial score (nSPS) is 16.2. The van der Waals surface area contributed by atoms with Crippen LogP contribution < -0.4 is 10.1 Å². The molecule has 2 N–H and O–H groups in total. The van der Waals surface area contributed by atoms with E-state index in [4.69, 9.17) is 9.29 Å². The quantitative estimate of drug-likeness (QED) is 0.773. The van der Waals surface area contributed by atoms with E-state index in [1.165, 1.54) is 12.1 Å². The van der Waals surface area contributed by atoms with Crippen molar-refractivity contribution in [1.82, 2.24) is 10.3 Å². The molecule has 1 fully saturated rings. The van der Waals surface area contributed by atoms with Gasteiger partial charge < -0.3 is 10.1 Å². The van der Waals surface area contributed by atoms with E-state index in [-0.39, 0.29) is 4.90 Å². The van der Waals surface area contributed by atoms with Gasteiger partial charge in [0, 0.05) is 6.04 Å². The Hall–Kier alpha value is -2.03. The highest BCUT2D eigenvalue weighted by Crippen LogP contribution is 2.16. The minimum Gasteiger partial charge on any atom is -0.490 e. The highest BCUT2D eigenvalue weighted by molar-refractivity contribution is 7.85. The second-order valence-corrected chi connectivity index (χ2v) is 7.53. The summed E-state index contributed by atoms with van der Waals surface area (Å²) >= 11 is 0. The van der Waals surface area contributed by atoms with Crippen molar-refractivity contribution in [3.05, 3.63) is 53.3 Å². The molecular formula is C18H23FN2O4S. The number of nitrogens with zero attached hydrogens (tertiary/aromatic N) is 1. The lowest BCUT2D eigenvalue weighted by atomic mass is 10.1. The average molecular weight is 382 g/mol. The molecule has 0 radical (unpaired) electrons. The van der Waals surface area contributed by atoms with Crippen LogP contribution in [-0.2, 0) is 16.8 Å². The zero-order valence-corrected chi connectivity index (χ0v) is 15.6. The number of hydrogen-bond donors (Lipinski definition) is 2. The summed E-state index contributed by atoms with van der Waals surface area (Å²) in [6.45, 7) is 4.91. The summed E-state index contributed by atoms with van der Waals surface area (Å²) in [7, 11) is -4.02. The third-order valence-corrected chi connectivity index (χ3v) is 4.85. The lowest BCUT2D eigenvalue weighted by Gasteiger charge is -2.27. The molecule has 1 aliphatic heterocycles. The number of nitrogens with one attached hydrogen (secondary N) is 1. The number of ether oxygens (including phenoxy) is 1. The van der Waals surface area contributed by atoms with Gasteiger partial charge in [-0.05, 0) is 50.6 Å². The fourth-order valence-electron chi connectivity index (χ4n) is 2.19. The van der Waals surface area contributed by atoms with E-state index in [9.17, 15) is 12.8 Å². The van der Waals surface area contributed by atoms with E-state index in [1.807, 2.05) is 19.9 Å². The van der Waals surface area contributed by atoms with E-state index in [0.29, 0.717) is 18.3 Å². The van der Waals surface area contributed by atoms with Gasteiger partial charge in [0.1, 0.15) is 19.0 Å². The summed E-state index contributed by atoms with van der Waals surface area (Å²) in [4.78, 5) is 3.93. The topological polar surface area (TPSA) is 88.5 Å². The molecule has 0 bridgehead atoms. The van der Waals surface area contributed by atoms with Gasteiger partial charge in [0.2, 0.25) is 0 Å². The maximum Gasteiger partial charge on any atom is 0.294 e. The van der Waals surface area contributed by atoms with E-state index >= 15 is 0 Å². The number of rotatable bonds is 5. The van der Waals surface area contributed by atoms with Crippen LogP contribution in [0, 0.1) is 13.8 Å². The standard InChI is InChI=1S/C11H15FN2O.C7H8O3S/c1-8-4-10(6-14-11(8)5-12)15-7-9-2-3-13-9;1-6-2-4-7(5-3-6)11(8,9)10/h4,6,9,13H,2-3,5,7H2,1H3;2-5H,1H3,(H,8,9,10)/t9-;/m0./s1. The molecule has 0 unspecified atom stereocenters. The number of alkyl halides is 1. The molecule has 1 saturated heterocycles. The maximum atomic E-state index is 12.4. The Bertz CT molecular complexity index is 822. The second-order valence-electron chi connectivity index (χ2n) is 6.11. The van der Waals surface area contributed by atoms with Crippen LogP contribution >= 0.6 is 0 Å². The summed E-state index contributed by atoms with van der Waals surface area (Å²) in [5, 5.41) is 3.25. The molecule has 0 aliphatic carbocycles. The van der Waals surface area contributed by atoms with Crippen LogP contribution in [-0.4, -0.2) is 37.1 Å². The highest BCUT2D eigenvalue weighted by atomic mass is 32.2. The molecule has 6 nitrogen and oxygen atoms in total. The first kappa shape index (κ1) is 20.3. The largest absolute Gasteiger partial charge is 0.490 e. The van der Waals surface area contributed by atoms with Crippen LogP contribution in [0.5, 0.6) is 5.75 Å². The van der Waals surface area contributed by atoms with E-state index in [1.54, 1.807) is 18.3 Å². The maximum absolute atomic E-state index is 12.4. The second kappa shape index (κ2) is 9.07. The molecule has 1 aromatic carbocycles. The van der Waals surface area contributed by atoms with Gasteiger partial charge in [-0.25, -0.2) is 4.39 Å². The summed E-state index contributed by atoms with van der Waals surface area (Å²) in [5.74, 6) is 0.721. The average Bonchev–Trinajstić information content (AvgIpc) is 2.54. The number of aryl methyl sites for hydroxylation is 2. The molecule has 8 heteroatoms. The van der Waals surface area contributed by atoms with Crippen LogP contribution in [0.15, 0.2) is 41.4 Å². The highest BCUT2D eigenvalue weighted by Gasteiger charge is 2.16. The Kier molecular flexibility index (Phi) is 7.07. The van der Waals surface area contributed by atoms with Crippen LogP contribution in [0.4, 0.5) is 4.39 Å². The number of benzene rings is 1. The lowest BCUT2D eigenvalue weighted by molar-refractivity contribution is 0.216. The Morgan fingerprint density at radius 2 is 1.96 bits per heavy atom. The Balaban J connectivity index is 0.000000197. The zero-order valence-electron chi connectivity index (χ0n) is 14.8. The van der Waals surface area contributed by atoms with E-state index in [2.05, 4.69) is 10.3 Å². The monoisotopic (exact) mass is 382 g/mol. The van der Waals surface area contributed by atoms with Gasteiger partial charge >= 0.3 is 0 Å². The van der Waals surface area contributed by atoms with E-state index < -0.39 is 16.8 Å². The van der Waals surface area contributed by atoms with Gasteiger partial charge in [-0.1, -0.05) is 17.7 Å². The van der Waals surface area contributed by atoms with Gasteiger partial charge in [-0.15, -0.1) is 0 Å². The van der Waals surface area contributed by atoms with Crippen molar-refractivity contribution in [1.29, 1.82) is 0 Å². The van der Waals surface area contributed by atoms with Crippen LogP contribution in [0.3, 0.4) is 0 Å². The van der Waals surface area contributed by atoms with Crippen LogP contribution in [0.2, 0.25) is 0 Å². The fraction of sp³-hybridized carbons (Fsp3) is 0.389. The Labute approximate surface area is 153 Å². The summed E-state index contributed by atoms with van der Waals surface area (Å²) < 4.78 is 47.5. The molecule has 0 spiro atoms. The van der Waals surface area contributed by atoms with E-state index in [0.717, 1.165) is 29.8 Å². The SMILES string of the molecule is Cc1cc(OC[C@@H]2CCN2)cnc1CF.Cc1ccc(S(=O)(=O)O)cc1. The Morgan fingerprint density at radius 1 is 1.31 bits per heavy atom. The summed E-state index contributed by atoms with van der Waals surface area (Å²) in [6.07, 6.45) is 2.75. The minimum atomic E-state index is -4.02. The first-order valence-corrected chi connectivity index (χ1v) is 9.65. The Morgan fingerprint density at radius 3 is 2.42 bits per heavy atom. The third-order valence-electron chi connectivity index (χ3n) is 3.98. The van der Waals surface area contributed by atoms with Crippen molar-refractivity contribution in [2.45, 2.75) is 37.9 Å². The molecule has 3 rings (SSSR count). The molecule has 1 atom stereocenters. The van der Waals surface area contributed by atoms with Gasteiger partial charge in [-0.3, -0.25) is 9.54 Å². The van der Waals surface area contributed by atoms with Crippen LogP contribution in [0.1, 0.15) is 23.2 Å². The third kappa shape index (κ3) is 6.05. The molecule has 0 saturated carbocycles. The van der Waals surface area contributed by atoms with Gasteiger partial charge in [0.15, 0.2) is 0 Å². The number of hydrogen-bond acceptors (Lipinski definition) is 5. The molecule has 1 aromatic heterocycles. The predicted molar refractivity (Wildman–Crippen MR) is 96.7 cm³/mol. The van der Waals surface area contributed by atoms with Crippen molar-refractivity contribution in [2.75, 3.05) is 13.2 Å². The van der Waals surface area contributed by atoms with Crippen molar-refractivity contribution >= 4 is 10.1 Å². The van der Waals surface area contributed by atoms with Crippen molar-refractivity contribution in [2.24, 2.45) is 0 Å². The van der Waals surface area contributed by atoms with Crippen molar-refractivity contribution in [3.63, 3.8) is 0 Å². The van der Waals surface area contributed by atoms with Gasteiger partial charge in [0.05, 0.1) is 16.8 Å². The summed E-state index contributed by atoms with van der Waals surface area (Å²) in [6, 6.07) is 8.29. The fourth-order valence-corrected chi connectivity index (χ4v) is 2.67. The lowest BCUT2D eigenvalue weighted by Crippen LogP contribution is -2.46. The van der Waals surface area contributed by atoms with Crippen molar-refractivity contribution < 1.29 is 22.1 Å². The number of pyridine rings is 1. The van der Waals surface area contributed by atoms with Crippen molar-refractivity contribution in [3.8, 4) is 5.75 Å². The molecule has 142 valence electrons. The first-order valence-electron chi connectivity index (χ1n) is 8.21. The number of halogens is 1. The van der Waals surface area contributed by atoms with Gasteiger partial charge in [-0.2, -0.15) is 8.42 Å². The first-order chi connectivity index (χ1) is 12.3. The summed E-state index contributed by atoms with van der Waals surface area (Å²) in [5.41, 5.74) is 2.29. The molecule has 2 heterocycles. The molecular weight excluding hydrogens is 359 g/mol. The van der Waals surface area contributed by atoms with Gasteiger partial charge in [0.25, 0.3) is 10.1 Å².